The number of carbonyl (C=O) groups excluding carboxylic acids is 2. The maximum atomic E-state index is 12.8. The van der Waals surface area contributed by atoms with Gasteiger partial charge in [0.25, 0.3) is 0 Å². The van der Waals surface area contributed by atoms with Crippen LogP contribution in [0.3, 0.4) is 0 Å². The van der Waals surface area contributed by atoms with Crippen molar-refractivity contribution in [1.29, 1.82) is 0 Å². The molecular formula is C22H38N2O2. The molecule has 2 atom stereocenters. The van der Waals surface area contributed by atoms with Gasteiger partial charge in [0, 0.05) is 23.2 Å². The lowest BCUT2D eigenvalue weighted by atomic mass is 9.70. The first-order valence-electron chi connectivity index (χ1n) is 9.91. The second-order valence-electron chi connectivity index (χ2n) is 9.35. The number of hydrogen-bond acceptors (Lipinski definition) is 4. The highest BCUT2D eigenvalue weighted by atomic mass is 16.1. The molecule has 0 saturated heterocycles. The first-order chi connectivity index (χ1) is 11.9. The summed E-state index contributed by atoms with van der Waals surface area (Å²) in [7, 11) is 0. The van der Waals surface area contributed by atoms with Gasteiger partial charge in [0.1, 0.15) is 0 Å². The van der Waals surface area contributed by atoms with Crippen molar-refractivity contribution in [1.82, 2.24) is 0 Å². The summed E-state index contributed by atoms with van der Waals surface area (Å²) in [5.74, 6) is -0.0451. The molecule has 0 radical (unpaired) electrons. The average molecular weight is 363 g/mol. The fourth-order valence-corrected chi connectivity index (χ4v) is 3.62. The molecule has 148 valence electrons. The minimum atomic E-state index is -0.317. The summed E-state index contributed by atoms with van der Waals surface area (Å²) < 4.78 is 0. The van der Waals surface area contributed by atoms with Crippen LogP contribution in [-0.2, 0) is 9.59 Å². The zero-order valence-electron chi connectivity index (χ0n) is 17.5. The van der Waals surface area contributed by atoms with Crippen LogP contribution in [0.5, 0.6) is 0 Å². The molecule has 0 aliphatic heterocycles. The van der Waals surface area contributed by atoms with Gasteiger partial charge in [0.15, 0.2) is 11.6 Å². The summed E-state index contributed by atoms with van der Waals surface area (Å²) >= 11 is 0. The van der Waals surface area contributed by atoms with E-state index in [2.05, 4.69) is 0 Å². The van der Waals surface area contributed by atoms with Crippen LogP contribution in [0.1, 0.15) is 80.1 Å². The van der Waals surface area contributed by atoms with Gasteiger partial charge in [-0.1, -0.05) is 40.5 Å². The zero-order chi connectivity index (χ0) is 20.1. The van der Waals surface area contributed by atoms with Crippen LogP contribution in [0, 0.1) is 10.8 Å². The molecule has 0 saturated carbocycles. The molecule has 0 aromatic rings. The second kappa shape index (κ2) is 9.09. The minimum absolute atomic E-state index is 0.0225. The van der Waals surface area contributed by atoms with Crippen molar-refractivity contribution >= 4 is 11.6 Å². The molecule has 1 aliphatic carbocycles. The molecule has 0 amide bonds. The van der Waals surface area contributed by atoms with E-state index in [0.29, 0.717) is 11.1 Å². The van der Waals surface area contributed by atoms with E-state index in [9.17, 15) is 9.59 Å². The fourth-order valence-electron chi connectivity index (χ4n) is 3.62. The van der Waals surface area contributed by atoms with Crippen LogP contribution in [0.2, 0.25) is 0 Å². The fraction of sp³-hybridized carbons (Fsp3) is 0.727. The lowest BCUT2D eigenvalue weighted by Gasteiger charge is -2.32. The molecule has 0 aromatic heterocycles. The Morgan fingerprint density at radius 1 is 0.769 bits per heavy atom. The van der Waals surface area contributed by atoms with E-state index >= 15 is 0 Å². The van der Waals surface area contributed by atoms with Gasteiger partial charge in [-0.25, -0.2) is 0 Å². The van der Waals surface area contributed by atoms with Crippen molar-refractivity contribution in [3.63, 3.8) is 0 Å². The maximum absolute atomic E-state index is 12.8. The van der Waals surface area contributed by atoms with Crippen LogP contribution in [0.15, 0.2) is 23.3 Å². The largest absolute Gasteiger partial charge is 0.328 e. The number of allylic oxidation sites excluding steroid dienone is 4. The summed E-state index contributed by atoms with van der Waals surface area (Å²) in [5, 5.41) is 0. The highest BCUT2D eigenvalue weighted by Crippen LogP contribution is 2.40. The number of ketones is 2. The molecule has 0 bridgehead atoms. The minimum Gasteiger partial charge on any atom is -0.328 e. The third kappa shape index (κ3) is 6.48. The van der Waals surface area contributed by atoms with Gasteiger partial charge < -0.3 is 11.5 Å². The number of nitrogens with two attached hydrogens (primary N) is 2. The quantitative estimate of drug-likeness (QED) is 0.573. The predicted octanol–water partition coefficient (Wildman–Crippen LogP) is 4.08. The maximum Gasteiger partial charge on any atom is 0.182 e. The van der Waals surface area contributed by atoms with Crippen LogP contribution in [-0.4, -0.2) is 23.7 Å². The Labute approximate surface area is 159 Å². The van der Waals surface area contributed by atoms with Gasteiger partial charge in [-0.15, -0.1) is 0 Å². The zero-order valence-corrected chi connectivity index (χ0v) is 17.5. The first-order valence-corrected chi connectivity index (χ1v) is 9.91. The lowest BCUT2D eigenvalue weighted by Crippen LogP contribution is -2.30. The molecular weight excluding hydrogens is 324 g/mol. The predicted molar refractivity (Wildman–Crippen MR) is 109 cm³/mol. The van der Waals surface area contributed by atoms with Gasteiger partial charge in [0.2, 0.25) is 0 Å². The molecule has 0 aromatic carbocycles. The third-order valence-corrected chi connectivity index (χ3v) is 5.46. The summed E-state index contributed by atoms with van der Waals surface area (Å²) in [5.41, 5.74) is 12.3. The Morgan fingerprint density at radius 2 is 1.08 bits per heavy atom. The van der Waals surface area contributed by atoms with E-state index in [0.717, 1.165) is 38.5 Å². The van der Waals surface area contributed by atoms with Gasteiger partial charge in [0.05, 0.1) is 0 Å². The SMILES string of the molecule is CC(N)CCCC(C)(C)C1=CC(=O)C(C(C)(C)CCCC(C)N)=CC1=O. The molecule has 1 aliphatic rings. The Kier molecular flexibility index (Phi) is 7.97. The summed E-state index contributed by atoms with van der Waals surface area (Å²) in [4.78, 5) is 25.6. The highest BCUT2D eigenvalue weighted by molar-refractivity contribution is 6.20. The molecule has 4 nitrogen and oxygen atoms in total. The summed E-state index contributed by atoms with van der Waals surface area (Å²) in [6.45, 7) is 12.1. The van der Waals surface area contributed by atoms with Gasteiger partial charge >= 0.3 is 0 Å². The van der Waals surface area contributed by atoms with Gasteiger partial charge in [-0.05, 0) is 62.5 Å². The standard InChI is InChI=1S/C22H38N2O2/c1-15(23)9-7-11-21(3,4)17-13-20(26)18(14-19(17)25)22(5,6)12-8-10-16(2)24/h13-16H,7-12,23-24H2,1-6H3. The summed E-state index contributed by atoms with van der Waals surface area (Å²) in [6.07, 6.45) is 8.60. The van der Waals surface area contributed by atoms with Crippen LogP contribution < -0.4 is 11.5 Å². The van der Waals surface area contributed by atoms with E-state index < -0.39 is 0 Å². The number of hydrogen-bond donors (Lipinski definition) is 2. The van der Waals surface area contributed by atoms with Crippen LogP contribution in [0.4, 0.5) is 0 Å². The van der Waals surface area contributed by atoms with Crippen molar-refractivity contribution in [3.05, 3.63) is 23.3 Å². The van der Waals surface area contributed by atoms with Gasteiger partial charge in [-0.3, -0.25) is 9.59 Å². The Balaban J connectivity index is 2.86. The molecule has 0 heterocycles. The average Bonchev–Trinajstić information content (AvgIpc) is 2.47. The molecule has 4 heteroatoms. The Hall–Kier alpha value is -1.26. The second-order valence-corrected chi connectivity index (χ2v) is 9.35. The summed E-state index contributed by atoms with van der Waals surface area (Å²) in [6, 6.07) is 0.319. The molecule has 26 heavy (non-hydrogen) atoms. The van der Waals surface area contributed by atoms with E-state index in [1.54, 1.807) is 12.2 Å². The molecule has 0 fully saturated rings. The molecule has 0 spiro atoms. The highest BCUT2D eigenvalue weighted by Gasteiger charge is 2.36. The van der Waals surface area contributed by atoms with Crippen LogP contribution in [0.25, 0.3) is 0 Å². The molecule has 4 N–H and O–H groups in total. The lowest BCUT2D eigenvalue weighted by molar-refractivity contribution is -0.116. The van der Waals surface area contributed by atoms with Gasteiger partial charge in [-0.2, -0.15) is 0 Å². The topological polar surface area (TPSA) is 86.2 Å². The van der Waals surface area contributed by atoms with Crippen molar-refractivity contribution in [2.75, 3.05) is 0 Å². The third-order valence-electron chi connectivity index (χ3n) is 5.46. The smallest absolute Gasteiger partial charge is 0.182 e. The van der Waals surface area contributed by atoms with Crippen LogP contribution >= 0.6 is 0 Å². The van der Waals surface area contributed by atoms with E-state index in [-0.39, 0.29) is 34.5 Å². The monoisotopic (exact) mass is 362 g/mol. The normalized spacial score (nSPS) is 18.5. The van der Waals surface area contributed by atoms with E-state index in [4.69, 9.17) is 11.5 Å². The number of rotatable bonds is 10. The van der Waals surface area contributed by atoms with Crippen molar-refractivity contribution in [2.24, 2.45) is 22.3 Å². The first kappa shape index (κ1) is 22.8. The van der Waals surface area contributed by atoms with Crippen molar-refractivity contribution < 1.29 is 9.59 Å². The van der Waals surface area contributed by atoms with Crippen molar-refractivity contribution in [3.8, 4) is 0 Å². The number of carbonyl (C=O) groups is 2. The van der Waals surface area contributed by atoms with E-state index in [1.807, 2.05) is 41.5 Å². The van der Waals surface area contributed by atoms with Crippen molar-refractivity contribution in [2.45, 2.75) is 92.2 Å². The van der Waals surface area contributed by atoms with E-state index in [1.165, 1.54) is 0 Å². The Bertz CT molecular complexity index is 529. The molecule has 2 unspecified atom stereocenters. The Morgan fingerprint density at radius 3 is 1.35 bits per heavy atom. The molecule has 1 rings (SSSR count).